The van der Waals surface area contributed by atoms with Gasteiger partial charge in [-0.05, 0) is 65.6 Å². The molecule has 12 heteroatoms. The van der Waals surface area contributed by atoms with Crippen molar-refractivity contribution >= 4 is 22.7 Å². The molecule has 0 aliphatic carbocycles. The summed E-state index contributed by atoms with van der Waals surface area (Å²) in [6.45, 7) is 3.60. The Morgan fingerprint density at radius 1 is 1.02 bits per heavy atom. The zero-order chi connectivity index (χ0) is 29.0. The number of hydrogen-bond acceptors (Lipinski definition) is 8. The molecule has 0 radical (unpaired) electrons. The van der Waals surface area contributed by atoms with Crippen molar-refractivity contribution in [3.05, 3.63) is 72.3 Å². The molecule has 0 spiro atoms. The van der Waals surface area contributed by atoms with Crippen LogP contribution in [0.25, 0.3) is 22.0 Å². The molecule has 1 N–H and O–H groups in total. The molecule has 4 heterocycles. The zero-order valence-electron chi connectivity index (χ0n) is 22.1. The average Bonchev–Trinajstić information content (AvgIpc) is 3.00. The van der Waals surface area contributed by atoms with Crippen LogP contribution in [0.5, 0.6) is 11.5 Å². The number of hydrogen-bond donors (Lipinski definition) is 1. The Balaban J connectivity index is 0.000000431. The summed E-state index contributed by atoms with van der Waals surface area (Å²) >= 11 is 0. The summed E-state index contributed by atoms with van der Waals surface area (Å²) in [4.78, 5) is 25.5. The van der Waals surface area contributed by atoms with E-state index in [1.807, 2.05) is 42.7 Å². The van der Waals surface area contributed by atoms with Crippen LogP contribution < -0.4 is 14.4 Å². The van der Waals surface area contributed by atoms with Crippen molar-refractivity contribution in [3.63, 3.8) is 0 Å². The van der Waals surface area contributed by atoms with Crippen molar-refractivity contribution in [3.8, 4) is 22.6 Å². The molecule has 1 unspecified atom stereocenters. The molecule has 1 fully saturated rings. The Morgan fingerprint density at radius 3 is 2.44 bits per heavy atom. The molecule has 4 aromatic rings. The number of ether oxygens (including phenoxy) is 3. The second-order valence-electron chi connectivity index (χ2n) is 9.46. The Labute approximate surface area is 233 Å². The number of aliphatic carboxylic acids is 1. The second-order valence-corrected chi connectivity index (χ2v) is 9.46. The van der Waals surface area contributed by atoms with Gasteiger partial charge in [0.2, 0.25) is 0 Å². The van der Waals surface area contributed by atoms with Crippen molar-refractivity contribution in [1.29, 1.82) is 0 Å². The number of rotatable bonds is 4. The predicted octanol–water partition coefficient (Wildman–Crippen LogP) is 4.89. The van der Waals surface area contributed by atoms with E-state index in [9.17, 15) is 13.2 Å². The number of carbonyl (C=O) groups is 1. The van der Waals surface area contributed by atoms with Gasteiger partial charge in [-0.2, -0.15) is 13.2 Å². The van der Waals surface area contributed by atoms with E-state index in [4.69, 9.17) is 34.1 Å². The van der Waals surface area contributed by atoms with Crippen LogP contribution in [0.2, 0.25) is 0 Å². The van der Waals surface area contributed by atoms with E-state index in [2.05, 4.69) is 28.1 Å². The van der Waals surface area contributed by atoms with Crippen LogP contribution in [-0.2, 0) is 16.0 Å². The van der Waals surface area contributed by atoms with Crippen molar-refractivity contribution in [2.75, 3.05) is 44.9 Å². The van der Waals surface area contributed by atoms with Gasteiger partial charge in [-0.3, -0.25) is 4.98 Å². The van der Waals surface area contributed by atoms with E-state index < -0.39 is 12.1 Å². The molecule has 2 aliphatic heterocycles. The average molecular weight is 569 g/mol. The van der Waals surface area contributed by atoms with Gasteiger partial charge >= 0.3 is 12.1 Å². The Morgan fingerprint density at radius 2 is 1.76 bits per heavy atom. The largest absolute Gasteiger partial charge is 0.497 e. The Hall–Kier alpha value is -4.45. The highest BCUT2D eigenvalue weighted by molar-refractivity contribution is 5.92. The highest BCUT2D eigenvalue weighted by atomic mass is 19.4. The van der Waals surface area contributed by atoms with E-state index in [1.165, 1.54) is 0 Å². The number of morpholine rings is 1. The van der Waals surface area contributed by atoms with Crippen LogP contribution in [-0.4, -0.2) is 72.2 Å². The molecule has 41 heavy (non-hydrogen) atoms. The number of methoxy groups -OCH3 is 1. The number of fused-ring (bicyclic) bond motifs is 2. The molecular formula is C29H27F3N4O5. The monoisotopic (exact) mass is 568 g/mol. The van der Waals surface area contributed by atoms with Crippen LogP contribution in [0, 0.1) is 0 Å². The first-order chi connectivity index (χ1) is 19.7. The summed E-state index contributed by atoms with van der Waals surface area (Å²) in [6, 6.07) is 16.4. The van der Waals surface area contributed by atoms with E-state index in [1.54, 1.807) is 7.11 Å². The third-order valence-corrected chi connectivity index (χ3v) is 6.80. The first kappa shape index (κ1) is 28.1. The third-order valence-electron chi connectivity index (χ3n) is 6.80. The number of anilines is 1. The normalized spacial score (nSPS) is 16.7. The summed E-state index contributed by atoms with van der Waals surface area (Å²) in [6.07, 6.45) is -0.644. The number of pyridine rings is 1. The molecule has 2 aromatic heterocycles. The van der Waals surface area contributed by atoms with Crippen molar-refractivity contribution in [1.82, 2.24) is 15.0 Å². The van der Waals surface area contributed by atoms with Crippen LogP contribution in [0.15, 0.2) is 60.9 Å². The minimum absolute atomic E-state index is 0.0633. The Kier molecular flexibility index (Phi) is 8.20. The van der Waals surface area contributed by atoms with Gasteiger partial charge in [0, 0.05) is 30.9 Å². The molecule has 0 saturated carbocycles. The SMILES string of the molecule is COc1ccc2c(c1)CC(c1nc(N3CCOCC3)c3ccc(-c4ccncc4)cc3n1)CO2.O=C(O)C(F)(F)F. The van der Waals surface area contributed by atoms with Crippen LogP contribution >= 0.6 is 0 Å². The summed E-state index contributed by atoms with van der Waals surface area (Å²) in [7, 11) is 1.68. The zero-order valence-corrected chi connectivity index (χ0v) is 22.1. The highest BCUT2D eigenvalue weighted by Crippen LogP contribution is 2.36. The summed E-state index contributed by atoms with van der Waals surface area (Å²) in [5.74, 6) is 0.834. The van der Waals surface area contributed by atoms with Gasteiger partial charge in [-0.1, -0.05) is 6.07 Å². The number of carboxylic acid groups (broad SMARTS) is 1. The van der Waals surface area contributed by atoms with Crippen LogP contribution in [0.1, 0.15) is 17.3 Å². The van der Waals surface area contributed by atoms with E-state index >= 15 is 0 Å². The number of halogens is 3. The van der Waals surface area contributed by atoms with Gasteiger partial charge in [0.05, 0.1) is 38.4 Å². The van der Waals surface area contributed by atoms with E-state index in [0.29, 0.717) is 19.8 Å². The van der Waals surface area contributed by atoms with Gasteiger partial charge in [0.25, 0.3) is 0 Å². The fourth-order valence-corrected chi connectivity index (χ4v) is 4.72. The summed E-state index contributed by atoms with van der Waals surface area (Å²) in [5, 5.41) is 8.18. The van der Waals surface area contributed by atoms with Gasteiger partial charge in [0.15, 0.2) is 0 Å². The van der Waals surface area contributed by atoms with E-state index in [-0.39, 0.29) is 5.92 Å². The van der Waals surface area contributed by atoms with Crippen molar-refractivity contribution in [2.24, 2.45) is 0 Å². The summed E-state index contributed by atoms with van der Waals surface area (Å²) in [5.41, 5.74) is 4.30. The molecule has 214 valence electrons. The topological polar surface area (TPSA) is 107 Å². The maximum Gasteiger partial charge on any atom is 0.490 e. The molecule has 9 nitrogen and oxygen atoms in total. The molecule has 6 rings (SSSR count). The summed E-state index contributed by atoms with van der Waals surface area (Å²) < 4.78 is 48.9. The molecular weight excluding hydrogens is 541 g/mol. The van der Waals surface area contributed by atoms with Crippen molar-refractivity contribution < 1.29 is 37.3 Å². The van der Waals surface area contributed by atoms with Gasteiger partial charge < -0.3 is 24.2 Å². The fraction of sp³-hybridized carbons (Fsp3) is 0.310. The molecule has 2 aliphatic rings. The third kappa shape index (κ3) is 6.49. The molecule has 1 atom stereocenters. The molecule has 2 aromatic carbocycles. The minimum atomic E-state index is -5.08. The first-order valence-corrected chi connectivity index (χ1v) is 12.9. The molecule has 0 bridgehead atoms. The maximum absolute atomic E-state index is 10.6. The quantitative estimate of drug-likeness (QED) is 0.368. The number of nitrogens with zero attached hydrogens (tertiary/aromatic N) is 4. The molecule has 1 saturated heterocycles. The minimum Gasteiger partial charge on any atom is -0.497 e. The lowest BCUT2D eigenvalue weighted by molar-refractivity contribution is -0.192. The smallest absolute Gasteiger partial charge is 0.490 e. The maximum atomic E-state index is 10.6. The van der Waals surface area contributed by atoms with Gasteiger partial charge in [-0.25, -0.2) is 14.8 Å². The second kappa shape index (κ2) is 12.0. The van der Waals surface area contributed by atoms with Crippen LogP contribution in [0.4, 0.5) is 19.0 Å². The number of aromatic nitrogens is 3. The predicted molar refractivity (Wildman–Crippen MR) is 144 cm³/mol. The standard InChI is InChI=1S/C27H26N4O3.C2HF3O2/c1-32-22-3-5-25-20(15-22)14-21(17-34-25)26-29-24-16-19(18-6-8-28-9-7-18)2-4-23(24)27(30-26)31-10-12-33-13-11-31;3-2(4,5)1(6)7/h2-9,15-16,21H,10-14,17H2,1H3;(H,6,7). The van der Waals surface area contributed by atoms with Gasteiger partial charge in [-0.15, -0.1) is 0 Å². The fourth-order valence-electron chi connectivity index (χ4n) is 4.72. The highest BCUT2D eigenvalue weighted by Gasteiger charge is 2.38. The number of alkyl halides is 3. The van der Waals surface area contributed by atoms with Gasteiger partial charge in [0.1, 0.15) is 23.1 Å². The number of carboxylic acids is 1. The lowest BCUT2D eigenvalue weighted by Gasteiger charge is -2.30. The van der Waals surface area contributed by atoms with E-state index in [0.717, 1.165) is 70.2 Å². The van der Waals surface area contributed by atoms with Crippen molar-refractivity contribution in [2.45, 2.75) is 18.5 Å². The molecule has 0 amide bonds. The lowest BCUT2D eigenvalue weighted by atomic mass is 9.95. The lowest BCUT2D eigenvalue weighted by Crippen LogP contribution is -2.37. The number of benzene rings is 2. The first-order valence-electron chi connectivity index (χ1n) is 12.9. The Bertz CT molecular complexity index is 1530. The van der Waals surface area contributed by atoms with Crippen LogP contribution in [0.3, 0.4) is 0 Å².